The fourth-order valence-electron chi connectivity index (χ4n) is 6.95. The summed E-state index contributed by atoms with van der Waals surface area (Å²) in [7, 11) is 0. The molecule has 0 heterocycles. The Balaban J connectivity index is 1.35. The Bertz CT molecular complexity index is 750. The maximum atomic E-state index is 15.1. The van der Waals surface area contributed by atoms with Gasteiger partial charge in [-0.05, 0) is 92.1 Å². The molecule has 2 unspecified atom stereocenters. The average Bonchev–Trinajstić information content (AvgIpc) is 2.85. The Hall–Kier alpha value is -1.18. The molecule has 2 saturated carbocycles. The Morgan fingerprint density at radius 3 is 2.00 bits per heavy atom. The fourth-order valence-corrected chi connectivity index (χ4v) is 6.95. The number of halogens is 2. The SMILES string of the molecule is CCCCC1CCC(C2C=CC(c3ccc(C4CCC(CC)CC4)c(F)c3F)CC2)CC1. The highest BCUT2D eigenvalue weighted by molar-refractivity contribution is 5.34. The van der Waals surface area contributed by atoms with Crippen LogP contribution in [0.15, 0.2) is 24.3 Å². The topological polar surface area (TPSA) is 0 Å². The van der Waals surface area contributed by atoms with Crippen molar-refractivity contribution in [1.82, 2.24) is 0 Å². The zero-order valence-corrected chi connectivity index (χ0v) is 20.4. The van der Waals surface area contributed by atoms with Crippen LogP contribution in [0.5, 0.6) is 0 Å². The zero-order valence-electron chi connectivity index (χ0n) is 20.4. The second-order valence-corrected chi connectivity index (χ2v) is 11.2. The molecule has 0 nitrogen and oxygen atoms in total. The lowest BCUT2D eigenvalue weighted by molar-refractivity contribution is 0.207. The molecular formula is C30H44F2. The first-order chi connectivity index (χ1) is 15.6. The summed E-state index contributed by atoms with van der Waals surface area (Å²) in [6, 6.07) is 3.80. The van der Waals surface area contributed by atoms with E-state index in [1.807, 2.05) is 12.1 Å². The second-order valence-electron chi connectivity index (χ2n) is 11.2. The maximum absolute atomic E-state index is 15.1. The largest absolute Gasteiger partial charge is 0.203 e. The first-order valence-corrected chi connectivity index (χ1v) is 13.8. The van der Waals surface area contributed by atoms with Gasteiger partial charge in [0, 0.05) is 5.92 Å². The average molecular weight is 443 g/mol. The molecule has 0 aliphatic heterocycles. The summed E-state index contributed by atoms with van der Waals surface area (Å²) in [5.74, 6) is 2.23. The van der Waals surface area contributed by atoms with Crippen LogP contribution in [-0.2, 0) is 0 Å². The second kappa shape index (κ2) is 11.3. The van der Waals surface area contributed by atoms with Gasteiger partial charge in [0.2, 0.25) is 0 Å². The molecule has 32 heavy (non-hydrogen) atoms. The number of allylic oxidation sites excluding steroid dienone is 2. The summed E-state index contributed by atoms with van der Waals surface area (Å²) >= 11 is 0. The summed E-state index contributed by atoms with van der Waals surface area (Å²) in [5.41, 5.74) is 1.20. The van der Waals surface area contributed by atoms with Gasteiger partial charge in [-0.2, -0.15) is 0 Å². The van der Waals surface area contributed by atoms with E-state index in [2.05, 4.69) is 26.0 Å². The minimum Gasteiger partial charge on any atom is -0.203 e. The predicted octanol–water partition coefficient (Wildman–Crippen LogP) is 9.69. The first-order valence-electron chi connectivity index (χ1n) is 13.8. The lowest BCUT2D eigenvalue weighted by Gasteiger charge is -2.35. The van der Waals surface area contributed by atoms with Crippen LogP contribution in [0.2, 0.25) is 0 Å². The monoisotopic (exact) mass is 442 g/mol. The molecule has 178 valence electrons. The Labute approximate surface area is 195 Å². The van der Waals surface area contributed by atoms with Gasteiger partial charge in [0.1, 0.15) is 0 Å². The molecule has 3 aliphatic rings. The van der Waals surface area contributed by atoms with Crippen molar-refractivity contribution in [3.05, 3.63) is 47.0 Å². The molecule has 0 radical (unpaired) electrons. The van der Waals surface area contributed by atoms with Crippen molar-refractivity contribution in [2.45, 2.75) is 116 Å². The third kappa shape index (κ3) is 5.48. The van der Waals surface area contributed by atoms with E-state index in [9.17, 15) is 0 Å². The molecule has 1 aromatic carbocycles. The highest BCUT2D eigenvalue weighted by Gasteiger charge is 2.31. The van der Waals surface area contributed by atoms with Crippen molar-refractivity contribution in [1.29, 1.82) is 0 Å². The standard InChI is InChI=1S/C30H44F2/c1-3-5-6-22-9-11-23(12-10-22)24-15-17-26(18-16-24)28-20-19-27(29(31)30(28)32)25-13-7-21(4-2)8-14-25/h15,17,19-26H,3-14,16,18H2,1-2H3. The number of hydrogen-bond acceptors (Lipinski definition) is 0. The predicted molar refractivity (Wildman–Crippen MR) is 131 cm³/mol. The minimum atomic E-state index is -0.579. The molecular weight excluding hydrogens is 398 g/mol. The van der Waals surface area contributed by atoms with E-state index in [0.29, 0.717) is 17.0 Å². The number of hydrogen-bond donors (Lipinski definition) is 0. The summed E-state index contributed by atoms with van der Waals surface area (Å²) in [5, 5.41) is 0. The minimum absolute atomic E-state index is 0.0338. The van der Waals surface area contributed by atoms with Crippen LogP contribution in [0, 0.1) is 35.3 Å². The van der Waals surface area contributed by atoms with E-state index in [1.54, 1.807) is 0 Å². The summed E-state index contributed by atoms with van der Waals surface area (Å²) < 4.78 is 30.2. The molecule has 0 aromatic heterocycles. The van der Waals surface area contributed by atoms with E-state index in [1.165, 1.54) is 51.4 Å². The quantitative estimate of drug-likeness (QED) is 0.369. The van der Waals surface area contributed by atoms with Gasteiger partial charge in [0.25, 0.3) is 0 Å². The highest BCUT2D eigenvalue weighted by Crippen LogP contribution is 2.43. The van der Waals surface area contributed by atoms with Crippen LogP contribution >= 0.6 is 0 Å². The number of benzene rings is 1. The van der Waals surface area contributed by atoms with Crippen LogP contribution < -0.4 is 0 Å². The number of unbranched alkanes of at least 4 members (excludes halogenated alkanes) is 1. The molecule has 4 rings (SSSR count). The molecule has 1 aromatic rings. The van der Waals surface area contributed by atoms with Crippen LogP contribution in [0.1, 0.15) is 127 Å². The smallest absolute Gasteiger partial charge is 0.162 e. The lowest BCUT2D eigenvalue weighted by Crippen LogP contribution is -2.23. The third-order valence-corrected chi connectivity index (χ3v) is 9.27. The van der Waals surface area contributed by atoms with Crippen molar-refractivity contribution in [3.63, 3.8) is 0 Å². The van der Waals surface area contributed by atoms with Gasteiger partial charge in [0.15, 0.2) is 11.6 Å². The Kier molecular flexibility index (Phi) is 8.46. The molecule has 0 bridgehead atoms. The van der Waals surface area contributed by atoms with Gasteiger partial charge in [-0.15, -0.1) is 0 Å². The van der Waals surface area contributed by atoms with E-state index in [0.717, 1.165) is 56.3 Å². The first kappa shape index (κ1) is 24.0. The Morgan fingerprint density at radius 2 is 1.38 bits per heavy atom. The summed E-state index contributed by atoms with van der Waals surface area (Å²) in [4.78, 5) is 0. The fraction of sp³-hybridized carbons (Fsp3) is 0.733. The molecule has 3 aliphatic carbocycles. The summed E-state index contributed by atoms with van der Waals surface area (Å²) in [6.45, 7) is 4.52. The molecule has 2 atom stereocenters. The highest BCUT2D eigenvalue weighted by atomic mass is 19.2. The van der Waals surface area contributed by atoms with Crippen LogP contribution in [-0.4, -0.2) is 0 Å². The van der Waals surface area contributed by atoms with Crippen molar-refractivity contribution in [3.8, 4) is 0 Å². The molecule has 0 saturated heterocycles. The normalized spacial score (nSPS) is 33.4. The van der Waals surface area contributed by atoms with Gasteiger partial charge in [-0.1, -0.05) is 76.7 Å². The molecule has 2 heteroatoms. The van der Waals surface area contributed by atoms with E-state index < -0.39 is 11.6 Å². The van der Waals surface area contributed by atoms with Crippen molar-refractivity contribution >= 4 is 0 Å². The molecule has 0 spiro atoms. The molecule has 2 fully saturated rings. The number of rotatable bonds is 7. The molecule has 0 N–H and O–H groups in total. The van der Waals surface area contributed by atoms with Crippen LogP contribution in [0.3, 0.4) is 0 Å². The van der Waals surface area contributed by atoms with E-state index in [-0.39, 0.29) is 11.8 Å². The van der Waals surface area contributed by atoms with Crippen molar-refractivity contribution in [2.75, 3.05) is 0 Å². The lowest BCUT2D eigenvalue weighted by atomic mass is 9.70. The maximum Gasteiger partial charge on any atom is 0.162 e. The summed E-state index contributed by atoms with van der Waals surface area (Å²) in [6.07, 6.45) is 21.7. The van der Waals surface area contributed by atoms with Gasteiger partial charge in [-0.25, -0.2) is 8.78 Å². The third-order valence-electron chi connectivity index (χ3n) is 9.27. The van der Waals surface area contributed by atoms with E-state index >= 15 is 8.78 Å². The van der Waals surface area contributed by atoms with Gasteiger partial charge < -0.3 is 0 Å². The van der Waals surface area contributed by atoms with Gasteiger partial charge >= 0.3 is 0 Å². The van der Waals surface area contributed by atoms with Crippen molar-refractivity contribution < 1.29 is 8.78 Å². The Morgan fingerprint density at radius 1 is 0.719 bits per heavy atom. The van der Waals surface area contributed by atoms with E-state index in [4.69, 9.17) is 0 Å². The molecule has 0 amide bonds. The van der Waals surface area contributed by atoms with Crippen LogP contribution in [0.25, 0.3) is 0 Å². The van der Waals surface area contributed by atoms with Crippen LogP contribution in [0.4, 0.5) is 8.78 Å². The zero-order chi connectivity index (χ0) is 22.5. The van der Waals surface area contributed by atoms with Crippen molar-refractivity contribution in [2.24, 2.45) is 23.7 Å². The van der Waals surface area contributed by atoms with Gasteiger partial charge in [0.05, 0.1) is 0 Å². The van der Waals surface area contributed by atoms with Gasteiger partial charge in [-0.3, -0.25) is 0 Å².